The van der Waals surface area contributed by atoms with E-state index in [9.17, 15) is 0 Å². The van der Waals surface area contributed by atoms with E-state index in [4.69, 9.17) is 4.74 Å². The molecule has 0 aromatic carbocycles. The summed E-state index contributed by atoms with van der Waals surface area (Å²) in [7, 11) is 1.82. The molecule has 7 unspecified atom stereocenters. The predicted molar refractivity (Wildman–Crippen MR) is 82.5 cm³/mol. The van der Waals surface area contributed by atoms with Gasteiger partial charge in [0.2, 0.25) is 0 Å². The Labute approximate surface area is 124 Å². The van der Waals surface area contributed by atoms with Gasteiger partial charge in [0.05, 0.1) is 0 Å². The average molecular weight is 276 g/mol. The molecule has 0 N–H and O–H groups in total. The summed E-state index contributed by atoms with van der Waals surface area (Å²) in [5.41, 5.74) is 0. The Bertz CT molecular complexity index is 333. The molecular formula is C19H32O. The second kappa shape index (κ2) is 5.63. The van der Waals surface area contributed by atoms with Crippen LogP contribution < -0.4 is 0 Å². The highest BCUT2D eigenvalue weighted by molar-refractivity contribution is 5.16. The van der Waals surface area contributed by atoms with E-state index in [0.29, 0.717) is 0 Å². The van der Waals surface area contributed by atoms with Crippen molar-refractivity contribution >= 4 is 0 Å². The number of ether oxygens (including phenoxy) is 1. The maximum atomic E-state index is 5.12. The van der Waals surface area contributed by atoms with E-state index < -0.39 is 0 Å². The monoisotopic (exact) mass is 276 g/mol. The molecular weight excluding hydrogens is 244 g/mol. The Morgan fingerprint density at radius 2 is 1.40 bits per heavy atom. The fourth-order valence-corrected chi connectivity index (χ4v) is 6.53. The van der Waals surface area contributed by atoms with Gasteiger partial charge in [-0.25, -0.2) is 0 Å². The predicted octanol–water partition coefficient (Wildman–Crippen LogP) is 4.90. The molecule has 0 bridgehead atoms. The smallest absolute Gasteiger partial charge is 0.0462 e. The van der Waals surface area contributed by atoms with Crippen molar-refractivity contribution in [1.29, 1.82) is 0 Å². The first kappa shape index (κ1) is 13.6. The molecule has 20 heavy (non-hydrogen) atoms. The number of rotatable bonds is 7. The van der Waals surface area contributed by atoms with Crippen LogP contribution in [-0.2, 0) is 4.74 Å². The molecule has 4 fully saturated rings. The molecule has 1 heteroatoms. The highest BCUT2D eigenvalue weighted by atomic mass is 16.5. The summed E-state index contributed by atoms with van der Waals surface area (Å²) in [5.74, 6) is 8.37. The number of fused-ring (bicyclic) bond motifs is 7. The van der Waals surface area contributed by atoms with Crippen LogP contribution in [0.4, 0.5) is 0 Å². The maximum Gasteiger partial charge on any atom is 0.0462 e. The summed E-state index contributed by atoms with van der Waals surface area (Å²) in [6.07, 6.45) is 15.1. The van der Waals surface area contributed by atoms with Crippen LogP contribution in [0.1, 0.15) is 64.2 Å². The average Bonchev–Trinajstić information content (AvgIpc) is 2.44. The third kappa shape index (κ3) is 2.07. The zero-order valence-corrected chi connectivity index (χ0v) is 13.2. The molecule has 114 valence electrons. The van der Waals surface area contributed by atoms with Crippen LogP contribution in [-0.4, -0.2) is 13.7 Å². The van der Waals surface area contributed by atoms with E-state index in [2.05, 4.69) is 0 Å². The fourth-order valence-electron chi connectivity index (χ4n) is 6.53. The van der Waals surface area contributed by atoms with Crippen molar-refractivity contribution in [3.63, 3.8) is 0 Å². The van der Waals surface area contributed by atoms with Crippen LogP contribution in [0.25, 0.3) is 0 Å². The number of hydrogen-bond donors (Lipinski definition) is 0. The minimum atomic E-state index is 0.957. The standard InChI is InChI=1S/C19H32O/c1-20-11-5-3-2-4-6-13-7-8-16-17(12-13)19-15-10-9-14(15)18(16)19/h13-19H,2-12H2,1H3. The normalized spacial score (nSPS) is 48.1. The molecule has 0 amide bonds. The summed E-state index contributed by atoms with van der Waals surface area (Å²) in [5, 5.41) is 0. The van der Waals surface area contributed by atoms with Crippen molar-refractivity contribution in [2.24, 2.45) is 41.4 Å². The Morgan fingerprint density at radius 3 is 2.15 bits per heavy atom. The van der Waals surface area contributed by atoms with Gasteiger partial charge in [0.15, 0.2) is 0 Å². The molecule has 4 rings (SSSR count). The quantitative estimate of drug-likeness (QED) is 0.601. The van der Waals surface area contributed by atoms with Crippen molar-refractivity contribution in [1.82, 2.24) is 0 Å². The van der Waals surface area contributed by atoms with E-state index in [0.717, 1.165) is 12.5 Å². The van der Waals surface area contributed by atoms with Crippen molar-refractivity contribution in [3.8, 4) is 0 Å². The fraction of sp³-hybridized carbons (Fsp3) is 1.00. The summed E-state index contributed by atoms with van der Waals surface area (Å²) in [6, 6.07) is 0. The van der Waals surface area contributed by atoms with Gasteiger partial charge in [-0.05, 0) is 73.5 Å². The lowest BCUT2D eigenvalue weighted by Gasteiger charge is -2.74. The molecule has 0 heterocycles. The third-order valence-electron chi connectivity index (χ3n) is 7.58. The molecule has 0 aromatic rings. The largest absolute Gasteiger partial charge is 0.385 e. The van der Waals surface area contributed by atoms with Crippen molar-refractivity contribution in [3.05, 3.63) is 0 Å². The summed E-state index contributed by atoms with van der Waals surface area (Å²) >= 11 is 0. The SMILES string of the molecule is COCCCCCCC1CCC2C(C1)C1C3CCC3C21. The van der Waals surface area contributed by atoms with Gasteiger partial charge in [0.25, 0.3) is 0 Å². The van der Waals surface area contributed by atoms with E-state index >= 15 is 0 Å². The molecule has 0 saturated heterocycles. The summed E-state index contributed by atoms with van der Waals surface area (Å²) < 4.78 is 5.12. The lowest BCUT2D eigenvalue weighted by atomic mass is 9.30. The molecule has 0 spiro atoms. The van der Waals surface area contributed by atoms with Gasteiger partial charge in [0, 0.05) is 13.7 Å². The molecule has 0 aromatic heterocycles. The Morgan fingerprint density at radius 1 is 0.750 bits per heavy atom. The van der Waals surface area contributed by atoms with Gasteiger partial charge in [-0.1, -0.05) is 32.1 Å². The van der Waals surface area contributed by atoms with E-state index in [1.165, 1.54) is 67.6 Å². The lowest BCUT2D eigenvalue weighted by Crippen LogP contribution is -2.69. The van der Waals surface area contributed by atoms with Crippen molar-refractivity contribution in [2.75, 3.05) is 13.7 Å². The first-order valence-electron chi connectivity index (χ1n) is 9.39. The number of methoxy groups -OCH3 is 1. The van der Waals surface area contributed by atoms with Crippen LogP contribution >= 0.6 is 0 Å². The minimum Gasteiger partial charge on any atom is -0.385 e. The summed E-state index contributed by atoms with van der Waals surface area (Å²) in [6.45, 7) is 0.957. The molecule has 7 atom stereocenters. The second-order valence-electron chi connectivity index (χ2n) is 8.26. The summed E-state index contributed by atoms with van der Waals surface area (Å²) in [4.78, 5) is 0. The Hall–Kier alpha value is -0.0400. The van der Waals surface area contributed by atoms with Gasteiger partial charge in [0.1, 0.15) is 0 Å². The van der Waals surface area contributed by atoms with E-state index in [-0.39, 0.29) is 0 Å². The van der Waals surface area contributed by atoms with Gasteiger partial charge in [-0.2, -0.15) is 0 Å². The van der Waals surface area contributed by atoms with Crippen LogP contribution in [0.5, 0.6) is 0 Å². The van der Waals surface area contributed by atoms with Gasteiger partial charge < -0.3 is 4.74 Å². The van der Waals surface area contributed by atoms with Crippen LogP contribution in [0.3, 0.4) is 0 Å². The number of hydrogen-bond acceptors (Lipinski definition) is 1. The molecule has 4 aliphatic rings. The topological polar surface area (TPSA) is 9.23 Å². The molecule has 0 radical (unpaired) electrons. The van der Waals surface area contributed by atoms with E-state index in [1.54, 1.807) is 32.1 Å². The highest BCUT2D eigenvalue weighted by Gasteiger charge is 2.68. The Balaban J connectivity index is 1.16. The first-order valence-corrected chi connectivity index (χ1v) is 9.39. The molecule has 0 aliphatic heterocycles. The zero-order chi connectivity index (χ0) is 13.5. The lowest BCUT2D eigenvalue weighted by molar-refractivity contribution is -0.264. The van der Waals surface area contributed by atoms with Crippen LogP contribution in [0, 0.1) is 41.4 Å². The molecule has 4 saturated carbocycles. The van der Waals surface area contributed by atoms with E-state index in [1.807, 2.05) is 7.11 Å². The Kier molecular flexibility index (Phi) is 3.83. The highest BCUT2D eigenvalue weighted by Crippen LogP contribution is 2.74. The number of unbranched alkanes of at least 4 members (excludes halogenated alkanes) is 3. The zero-order valence-electron chi connectivity index (χ0n) is 13.2. The third-order valence-corrected chi connectivity index (χ3v) is 7.58. The van der Waals surface area contributed by atoms with Crippen LogP contribution in [0.2, 0.25) is 0 Å². The van der Waals surface area contributed by atoms with Crippen molar-refractivity contribution < 1.29 is 4.74 Å². The van der Waals surface area contributed by atoms with Crippen molar-refractivity contribution in [2.45, 2.75) is 64.2 Å². The van der Waals surface area contributed by atoms with Crippen LogP contribution in [0.15, 0.2) is 0 Å². The maximum absolute atomic E-state index is 5.12. The first-order chi connectivity index (χ1) is 9.90. The van der Waals surface area contributed by atoms with Gasteiger partial charge in [-0.15, -0.1) is 0 Å². The van der Waals surface area contributed by atoms with Gasteiger partial charge in [-0.3, -0.25) is 0 Å². The molecule has 4 aliphatic carbocycles. The second-order valence-corrected chi connectivity index (χ2v) is 8.26. The molecule has 1 nitrogen and oxygen atoms in total. The van der Waals surface area contributed by atoms with Gasteiger partial charge >= 0.3 is 0 Å². The minimum absolute atomic E-state index is 0.957.